The molecular weight excluding hydrogens is 314 g/mol. The number of benzene rings is 1. The fourth-order valence-electron chi connectivity index (χ4n) is 2.67. The smallest absolute Gasteiger partial charge is 0.328 e. The summed E-state index contributed by atoms with van der Waals surface area (Å²) in [7, 11) is 0. The van der Waals surface area contributed by atoms with E-state index in [-0.39, 0.29) is 17.7 Å². The maximum Gasteiger partial charge on any atom is 0.328 e. The number of hydrogen-bond donors (Lipinski definition) is 2. The third-order valence-corrected chi connectivity index (χ3v) is 3.98. The number of amides is 1. The molecular formula is C16H19N3O5. The van der Waals surface area contributed by atoms with Crippen molar-refractivity contribution in [1.29, 1.82) is 0 Å². The minimum atomic E-state index is -0.501. The number of ether oxygens (including phenoxy) is 1. The van der Waals surface area contributed by atoms with Crippen molar-refractivity contribution in [3.63, 3.8) is 0 Å². The molecule has 0 saturated carbocycles. The highest BCUT2D eigenvalue weighted by Crippen LogP contribution is 2.13. The molecule has 0 aliphatic carbocycles. The average molecular weight is 333 g/mol. The standard InChI is InChI=1S/C16H19N3O5/c1-2-19-15(21)11-7-6-10(9-12(11)17-16(19)22)14(20)18-24-13-5-3-4-8-23-13/h6-7,9,13H,2-5,8H2,1H3,(H,17,22)(H,18,20)/t13-/m1/s1. The Kier molecular flexibility index (Phi) is 4.77. The van der Waals surface area contributed by atoms with E-state index in [4.69, 9.17) is 9.57 Å². The van der Waals surface area contributed by atoms with Gasteiger partial charge in [-0.15, -0.1) is 0 Å². The first-order chi connectivity index (χ1) is 11.6. The van der Waals surface area contributed by atoms with Crippen LogP contribution in [0, 0.1) is 0 Å². The second-order valence-electron chi connectivity index (χ2n) is 5.59. The summed E-state index contributed by atoms with van der Waals surface area (Å²) < 4.78 is 6.47. The topological polar surface area (TPSA) is 102 Å². The van der Waals surface area contributed by atoms with Crippen molar-refractivity contribution in [3.8, 4) is 0 Å². The van der Waals surface area contributed by atoms with Crippen LogP contribution in [-0.4, -0.2) is 28.4 Å². The molecule has 0 bridgehead atoms. The van der Waals surface area contributed by atoms with Gasteiger partial charge < -0.3 is 9.72 Å². The zero-order chi connectivity index (χ0) is 17.1. The molecule has 1 aliphatic heterocycles. The van der Waals surface area contributed by atoms with E-state index >= 15 is 0 Å². The molecule has 2 aromatic rings. The third kappa shape index (κ3) is 3.24. The van der Waals surface area contributed by atoms with Gasteiger partial charge in [-0.25, -0.2) is 15.1 Å². The van der Waals surface area contributed by atoms with Gasteiger partial charge in [0.1, 0.15) is 0 Å². The van der Waals surface area contributed by atoms with Crippen LogP contribution >= 0.6 is 0 Å². The number of nitrogens with zero attached hydrogens (tertiary/aromatic N) is 1. The normalized spacial score (nSPS) is 17.8. The molecule has 8 nitrogen and oxygen atoms in total. The summed E-state index contributed by atoms with van der Waals surface area (Å²) in [4.78, 5) is 44.1. The number of aromatic nitrogens is 2. The molecule has 1 aliphatic rings. The van der Waals surface area contributed by atoms with Crippen LogP contribution in [-0.2, 0) is 16.1 Å². The summed E-state index contributed by atoms with van der Waals surface area (Å²) in [6, 6.07) is 4.49. The average Bonchev–Trinajstić information content (AvgIpc) is 2.60. The third-order valence-electron chi connectivity index (χ3n) is 3.98. The van der Waals surface area contributed by atoms with E-state index in [1.54, 1.807) is 6.92 Å². The molecule has 2 N–H and O–H groups in total. The van der Waals surface area contributed by atoms with Crippen LogP contribution in [0.5, 0.6) is 0 Å². The first-order valence-electron chi connectivity index (χ1n) is 7.94. The molecule has 2 heterocycles. The first kappa shape index (κ1) is 16.4. The molecule has 1 amide bonds. The van der Waals surface area contributed by atoms with E-state index in [1.165, 1.54) is 18.2 Å². The molecule has 8 heteroatoms. The lowest BCUT2D eigenvalue weighted by atomic mass is 10.1. The predicted molar refractivity (Wildman–Crippen MR) is 86.6 cm³/mol. The Balaban J connectivity index is 1.81. The van der Waals surface area contributed by atoms with Crippen LogP contribution in [0.1, 0.15) is 36.5 Å². The van der Waals surface area contributed by atoms with Crippen molar-refractivity contribution in [2.24, 2.45) is 0 Å². The highest BCUT2D eigenvalue weighted by Gasteiger charge is 2.17. The van der Waals surface area contributed by atoms with Crippen molar-refractivity contribution in [2.45, 2.75) is 39.0 Å². The zero-order valence-corrected chi connectivity index (χ0v) is 13.3. The van der Waals surface area contributed by atoms with Crippen LogP contribution in [0.3, 0.4) is 0 Å². The summed E-state index contributed by atoms with van der Waals surface area (Å²) in [5.74, 6) is -0.466. The number of carbonyl (C=O) groups excluding carboxylic acids is 1. The molecule has 1 atom stereocenters. The molecule has 1 aromatic heterocycles. The van der Waals surface area contributed by atoms with E-state index in [1.807, 2.05) is 0 Å². The Labute approximate surface area is 137 Å². The Hall–Kier alpha value is -2.45. The largest absolute Gasteiger partial charge is 0.350 e. The van der Waals surface area contributed by atoms with Crippen LogP contribution in [0.25, 0.3) is 10.9 Å². The van der Waals surface area contributed by atoms with Gasteiger partial charge in [0.25, 0.3) is 11.5 Å². The molecule has 1 fully saturated rings. The molecule has 1 aromatic carbocycles. The molecule has 128 valence electrons. The predicted octanol–water partition coefficient (Wildman–Crippen LogP) is 0.898. The Morgan fingerprint density at radius 1 is 1.42 bits per heavy atom. The summed E-state index contributed by atoms with van der Waals surface area (Å²) in [6.07, 6.45) is 2.25. The quantitative estimate of drug-likeness (QED) is 0.809. The molecule has 3 rings (SSSR count). The molecule has 24 heavy (non-hydrogen) atoms. The van der Waals surface area contributed by atoms with Crippen LogP contribution in [0.2, 0.25) is 0 Å². The summed E-state index contributed by atoms with van der Waals surface area (Å²) in [6.45, 7) is 2.61. The van der Waals surface area contributed by atoms with E-state index in [0.717, 1.165) is 23.8 Å². The van der Waals surface area contributed by atoms with Crippen LogP contribution in [0.4, 0.5) is 0 Å². The Morgan fingerprint density at radius 3 is 2.96 bits per heavy atom. The minimum Gasteiger partial charge on any atom is -0.350 e. The van der Waals surface area contributed by atoms with Crippen LogP contribution < -0.4 is 16.7 Å². The summed E-state index contributed by atoms with van der Waals surface area (Å²) in [5.41, 5.74) is 2.06. The Morgan fingerprint density at radius 2 is 2.25 bits per heavy atom. The number of nitrogens with one attached hydrogen (secondary N) is 2. The van der Waals surface area contributed by atoms with Gasteiger partial charge in [0, 0.05) is 25.1 Å². The van der Waals surface area contributed by atoms with Gasteiger partial charge in [-0.3, -0.25) is 14.2 Å². The lowest BCUT2D eigenvalue weighted by Gasteiger charge is -2.22. The van der Waals surface area contributed by atoms with Crippen molar-refractivity contribution in [1.82, 2.24) is 15.0 Å². The SMILES string of the molecule is CCn1c(=O)[nH]c2cc(C(=O)NO[C@@H]3CCCCO3)ccc2c1=O. The van der Waals surface area contributed by atoms with Crippen molar-refractivity contribution >= 4 is 16.8 Å². The molecule has 0 spiro atoms. The Bertz CT molecular complexity index is 864. The number of hydroxylamine groups is 1. The van der Waals surface area contributed by atoms with Crippen LogP contribution in [0.15, 0.2) is 27.8 Å². The van der Waals surface area contributed by atoms with E-state index in [9.17, 15) is 14.4 Å². The van der Waals surface area contributed by atoms with Gasteiger partial charge in [0.15, 0.2) is 6.29 Å². The second kappa shape index (κ2) is 6.98. The number of fused-ring (bicyclic) bond motifs is 1. The fraction of sp³-hybridized carbons (Fsp3) is 0.438. The first-order valence-corrected chi connectivity index (χ1v) is 7.94. The van der Waals surface area contributed by atoms with E-state index in [2.05, 4.69) is 10.5 Å². The number of H-pyrrole nitrogens is 1. The number of carbonyl (C=O) groups is 1. The lowest BCUT2D eigenvalue weighted by molar-refractivity contribution is -0.186. The van der Waals surface area contributed by atoms with Gasteiger partial charge in [-0.2, -0.15) is 0 Å². The van der Waals surface area contributed by atoms with Crippen molar-refractivity contribution < 1.29 is 14.4 Å². The van der Waals surface area contributed by atoms with Gasteiger partial charge >= 0.3 is 5.69 Å². The summed E-state index contributed by atoms with van der Waals surface area (Å²) >= 11 is 0. The molecule has 0 radical (unpaired) electrons. The van der Waals surface area contributed by atoms with Gasteiger partial charge in [0.2, 0.25) is 0 Å². The highest BCUT2D eigenvalue weighted by atomic mass is 16.8. The minimum absolute atomic E-state index is 0.279. The maximum absolute atomic E-state index is 12.2. The van der Waals surface area contributed by atoms with Gasteiger partial charge in [-0.05, 0) is 38.0 Å². The molecule has 1 saturated heterocycles. The maximum atomic E-state index is 12.2. The van der Waals surface area contributed by atoms with Gasteiger partial charge in [-0.1, -0.05) is 0 Å². The number of rotatable bonds is 4. The van der Waals surface area contributed by atoms with E-state index < -0.39 is 17.9 Å². The molecule has 0 unspecified atom stereocenters. The monoisotopic (exact) mass is 333 g/mol. The number of hydrogen-bond acceptors (Lipinski definition) is 5. The summed E-state index contributed by atoms with van der Waals surface area (Å²) in [5, 5.41) is 0.351. The van der Waals surface area contributed by atoms with Gasteiger partial charge in [0.05, 0.1) is 10.9 Å². The zero-order valence-electron chi connectivity index (χ0n) is 13.3. The number of aromatic amines is 1. The fourth-order valence-corrected chi connectivity index (χ4v) is 2.67. The highest BCUT2D eigenvalue weighted by molar-refractivity contribution is 5.97. The second-order valence-corrected chi connectivity index (χ2v) is 5.59. The van der Waals surface area contributed by atoms with E-state index in [0.29, 0.717) is 17.5 Å². The lowest BCUT2D eigenvalue weighted by Crippen LogP contribution is -2.35. The van der Waals surface area contributed by atoms with Crippen molar-refractivity contribution in [3.05, 3.63) is 44.6 Å². The van der Waals surface area contributed by atoms with Crippen molar-refractivity contribution in [2.75, 3.05) is 6.61 Å².